The summed E-state index contributed by atoms with van der Waals surface area (Å²) in [4.78, 5) is 40.9. The Morgan fingerprint density at radius 1 is 1.18 bits per heavy atom. The molecule has 1 saturated heterocycles. The summed E-state index contributed by atoms with van der Waals surface area (Å²) in [5.74, 6) is -0.623. The maximum Gasteiger partial charge on any atom is 0.325 e. The number of rotatable bonds is 4. The second-order valence-electron chi connectivity index (χ2n) is 7.26. The molecule has 2 aliphatic rings. The Hall–Kier alpha value is -2.67. The predicted molar refractivity (Wildman–Crippen MR) is 107 cm³/mol. The molecule has 1 atom stereocenters. The Balaban J connectivity index is 1.48. The van der Waals surface area contributed by atoms with Crippen LogP contribution in [0.3, 0.4) is 0 Å². The minimum absolute atomic E-state index is 0.262. The maximum atomic E-state index is 13.1. The lowest BCUT2D eigenvalue weighted by atomic mass is 9.92. The number of aryl methyl sites for hydroxylation is 1. The zero-order chi connectivity index (χ0) is 19.9. The van der Waals surface area contributed by atoms with E-state index in [1.54, 1.807) is 7.05 Å². The topological polar surface area (TPSA) is 69.7 Å². The molecule has 1 aliphatic carbocycles. The molecule has 1 unspecified atom stereocenters. The molecule has 2 aromatic carbocycles. The van der Waals surface area contributed by atoms with Crippen LogP contribution in [0.1, 0.15) is 23.1 Å². The summed E-state index contributed by atoms with van der Waals surface area (Å²) in [6.07, 6.45) is 1.25. The first kappa shape index (κ1) is 18.7. The summed E-state index contributed by atoms with van der Waals surface area (Å²) < 4.78 is 0.965. The van der Waals surface area contributed by atoms with E-state index in [2.05, 4.69) is 21.2 Å². The SMILES string of the molecule is CN(Cc1ccc(Br)cc1)C(=O)CN1C(=O)NC2(CCc3ccccc32)C1=O. The van der Waals surface area contributed by atoms with Crippen LogP contribution in [0.5, 0.6) is 0 Å². The van der Waals surface area contributed by atoms with Crippen molar-refractivity contribution >= 4 is 33.8 Å². The van der Waals surface area contributed by atoms with E-state index >= 15 is 0 Å². The standard InChI is InChI=1S/C21H20BrN3O3/c1-24(12-14-6-8-16(22)9-7-14)18(26)13-25-19(27)21(23-20(25)28)11-10-15-4-2-3-5-17(15)21/h2-9H,10-13H2,1H3,(H,23,28). The van der Waals surface area contributed by atoms with Crippen molar-refractivity contribution in [1.82, 2.24) is 15.1 Å². The van der Waals surface area contributed by atoms with Gasteiger partial charge in [0, 0.05) is 18.1 Å². The van der Waals surface area contributed by atoms with Crippen LogP contribution in [-0.4, -0.2) is 41.2 Å². The molecule has 6 nitrogen and oxygen atoms in total. The van der Waals surface area contributed by atoms with Gasteiger partial charge in [-0.25, -0.2) is 4.79 Å². The highest BCUT2D eigenvalue weighted by molar-refractivity contribution is 9.10. The molecule has 1 aliphatic heterocycles. The monoisotopic (exact) mass is 441 g/mol. The van der Waals surface area contributed by atoms with E-state index in [-0.39, 0.29) is 18.4 Å². The quantitative estimate of drug-likeness (QED) is 0.741. The second kappa shape index (κ2) is 7.05. The van der Waals surface area contributed by atoms with E-state index in [0.717, 1.165) is 32.5 Å². The highest BCUT2D eigenvalue weighted by atomic mass is 79.9. The number of likely N-dealkylation sites (N-methyl/N-ethyl adjacent to an activating group) is 1. The molecule has 0 aromatic heterocycles. The van der Waals surface area contributed by atoms with Crippen LogP contribution in [0.15, 0.2) is 53.0 Å². The van der Waals surface area contributed by atoms with Gasteiger partial charge in [0.05, 0.1) is 0 Å². The van der Waals surface area contributed by atoms with Crippen LogP contribution in [0.4, 0.5) is 4.79 Å². The smallest absolute Gasteiger partial charge is 0.325 e. The average molecular weight is 442 g/mol. The third kappa shape index (κ3) is 3.09. The Morgan fingerprint density at radius 2 is 1.89 bits per heavy atom. The van der Waals surface area contributed by atoms with Crippen molar-refractivity contribution < 1.29 is 14.4 Å². The first-order valence-electron chi connectivity index (χ1n) is 9.11. The summed E-state index contributed by atoms with van der Waals surface area (Å²) in [5, 5.41) is 2.85. The van der Waals surface area contributed by atoms with Crippen LogP contribution in [0.25, 0.3) is 0 Å². The Morgan fingerprint density at radius 3 is 2.64 bits per heavy atom. The second-order valence-corrected chi connectivity index (χ2v) is 8.18. The van der Waals surface area contributed by atoms with Gasteiger partial charge in [-0.05, 0) is 41.7 Å². The van der Waals surface area contributed by atoms with Gasteiger partial charge in [-0.1, -0.05) is 52.3 Å². The third-order valence-electron chi connectivity index (χ3n) is 5.47. The van der Waals surface area contributed by atoms with Crippen molar-refractivity contribution in [3.8, 4) is 0 Å². The summed E-state index contributed by atoms with van der Waals surface area (Å²) in [7, 11) is 1.67. The molecule has 0 saturated carbocycles. The summed E-state index contributed by atoms with van der Waals surface area (Å²) >= 11 is 3.38. The van der Waals surface area contributed by atoms with Crippen LogP contribution in [0, 0.1) is 0 Å². The molecule has 4 amide bonds. The molecular formula is C21H20BrN3O3. The molecule has 28 heavy (non-hydrogen) atoms. The fourth-order valence-corrected chi connectivity index (χ4v) is 4.21. The molecule has 7 heteroatoms. The fraction of sp³-hybridized carbons (Fsp3) is 0.286. The van der Waals surface area contributed by atoms with Crippen LogP contribution in [-0.2, 0) is 28.1 Å². The number of amides is 4. The maximum absolute atomic E-state index is 13.1. The van der Waals surface area contributed by atoms with E-state index in [0.29, 0.717) is 13.0 Å². The van der Waals surface area contributed by atoms with Gasteiger partial charge in [0.1, 0.15) is 12.1 Å². The average Bonchev–Trinajstić information content (AvgIpc) is 3.17. The number of benzene rings is 2. The van der Waals surface area contributed by atoms with E-state index < -0.39 is 11.6 Å². The van der Waals surface area contributed by atoms with Crippen LogP contribution in [0.2, 0.25) is 0 Å². The number of urea groups is 1. The molecule has 1 heterocycles. The lowest BCUT2D eigenvalue weighted by molar-refractivity contribution is -0.138. The van der Waals surface area contributed by atoms with Gasteiger partial charge in [0.15, 0.2) is 0 Å². The summed E-state index contributed by atoms with van der Waals surface area (Å²) in [6.45, 7) is 0.144. The number of carbonyl (C=O) groups excluding carboxylic acids is 3. The predicted octanol–water partition coefficient (Wildman–Crippen LogP) is 2.80. The van der Waals surface area contributed by atoms with Crippen molar-refractivity contribution in [3.63, 3.8) is 0 Å². The molecule has 1 N–H and O–H groups in total. The summed E-state index contributed by atoms with van der Waals surface area (Å²) in [5.41, 5.74) is 1.85. The van der Waals surface area contributed by atoms with Crippen LogP contribution < -0.4 is 5.32 Å². The molecule has 1 fully saturated rings. The van der Waals surface area contributed by atoms with Gasteiger partial charge in [0.25, 0.3) is 5.91 Å². The van der Waals surface area contributed by atoms with Gasteiger partial charge in [-0.15, -0.1) is 0 Å². The molecule has 144 valence electrons. The molecule has 0 radical (unpaired) electrons. The fourth-order valence-electron chi connectivity index (χ4n) is 3.94. The minimum Gasteiger partial charge on any atom is -0.340 e. The zero-order valence-corrected chi connectivity index (χ0v) is 17.0. The van der Waals surface area contributed by atoms with Crippen LogP contribution >= 0.6 is 15.9 Å². The first-order chi connectivity index (χ1) is 13.4. The number of carbonyl (C=O) groups is 3. The van der Waals surface area contributed by atoms with Crippen molar-refractivity contribution in [2.75, 3.05) is 13.6 Å². The normalized spacial score (nSPS) is 20.4. The van der Waals surface area contributed by atoms with Crippen molar-refractivity contribution in [3.05, 3.63) is 69.7 Å². The highest BCUT2D eigenvalue weighted by Crippen LogP contribution is 2.41. The van der Waals surface area contributed by atoms with Crippen molar-refractivity contribution in [2.24, 2.45) is 0 Å². The van der Waals surface area contributed by atoms with E-state index in [4.69, 9.17) is 0 Å². The molecule has 0 bridgehead atoms. The first-order valence-corrected chi connectivity index (χ1v) is 9.91. The van der Waals surface area contributed by atoms with Gasteiger partial charge >= 0.3 is 6.03 Å². The highest BCUT2D eigenvalue weighted by Gasteiger charge is 2.55. The number of hydrogen-bond donors (Lipinski definition) is 1. The van der Waals surface area contributed by atoms with Gasteiger partial charge in [-0.3, -0.25) is 14.5 Å². The molecule has 4 rings (SSSR count). The minimum atomic E-state index is -1.03. The number of fused-ring (bicyclic) bond motifs is 2. The molecule has 1 spiro atoms. The Bertz CT molecular complexity index is 960. The number of imide groups is 1. The number of nitrogens with zero attached hydrogens (tertiary/aromatic N) is 2. The van der Waals surface area contributed by atoms with Gasteiger partial charge < -0.3 is 10.2 Å². The molecule has 2 aromatic rings. The largest absolute Gasteiger partial charge is 0.340 e. The van der Waals surface area contributed by atoms with E-state index in [1.807, 2.05) is 48.5 Å². The van der Waals surface area contributed by atoms with Crippen molar-refractivity contribution in [1.29, 1.82) is 0 Å². The number of hydrogen-bond acceptors (Lipinski definition) is 3. The number of halogens is 1. The molecular weight excluding hydrogens is 422 g/mol. The Labute approximate surface area is 171 Å². The third-order valence-corrected chi connectivity index (χ3v) is 6.00. The van der Waals surface area contributed by atoms with Gasteiger partial charge in [0.2, 0.25) is 5.91 Å². The van der Waals surface area contributed by atoms with Crippen molar-refractivity contribution in [2.45, 2.75) is 24.9 Å². The van der Waals surface area contributed by atoms with E-state index in [1.165, 1.54) is 4.90 Å². The summed E-state index contributed by atoms with van der Waals surface area (Å²) in [6, 6.07) is 14.8. The number of nitrogens with one attached hydrogen (secondary N) is 1. The lowest BCUT2D eigenvalue weighted by Gasteiger charge is -2.23. The lowest BCUT2D eigenvalue weighted by Crippen LogP contribution is -2.44. The van der Waals surface area contributed by atoms with Gasteiger partial charge in [-0.2, -0.15) is 0 Å². The Kier molecular flexibility index (Phi) is 4.71. The zero-order valence-electron chi connectivity index (χ0n) is 15.4. The van der Waals surface area contributed by atoms with E-state index in [9.17, 15) is 14.4 Å².